The first kappa shape index (κ1) is 32.6. The Morgan fingerprint density at radius 1 is 1.12 bits per heavy atom. The number of nitrogens with two attached hydrogens (primary N) is 2. The number of rotatable bonds is 8. The number of aromatic nitrogens is 2. The summed E-state index contributed by atoms with van der Waals surface area (Å²) in [6, 6.07) is 4.79. The second-order valence-corrected chi connectivity index (χ2v) is 14.6. The molecule has 0 bridgehead atoms. The Balaban J connectivity index is 0.920. The fourth-order valence-electron chi connectivity index (χ4n) is 7.45. The maximum Gasteiger partial charge on any atom is 0.341 e. The summed E-state index contributed by atoms with van der Waals surface area (Å²) >= 11 is 0. The van der Waals surface area contributed by atoms with Crippen LogP contribution >= 0.6 is 0 Å². The lowest BCUT2D eigenvalue weighted by atomic mass is 9.89. The third-order valence-corrected chi connectivity index (χ3v) is 10.3. The number of phenols is 1. The molecule has 5 atom stereocenters. The molecule has 0 spiro atoms. The third kappa shape index (κ3) is 6.01. The highest BCUT2D eigenvalue weighted by molar-refractivity contribution is 5.87. The number of H-pyrrole nitrogens is 1. The van der Waals surface area contributed by atoms with Gasteiger partial charge in [0.15, 0.2) is 11.0 Å². The molecule has 3 aromatic heterocycles. The van der Waals surface area contributed by atoms with Crippen molar-refractivity contribution in [2.24, 2.45) is 11.5 Å². The molecule has 0 radical (unpaired) electrons. The number of esters is 1. The smallest absolute Gasteiger partial charge is 0.341 e. The molecule has 51 heavy (non-hydrogen) atoms. The zero-order valence-electron chi connectivity index (χ0n) is 28.9. The van der Waals surface area contributed by atoms with Crippen LogP contribution in [0.5, 0.6) is 11.5 Å². The van der Waals surface area contributed by atoms with E-state index in [0.29, 0.717) is 48.1 Å². The number of carbonyl (C=O) groups is 1. The van der Waals surface area contributed by atoms with Gasteiger partial charge in [-0.05, 0) is 69.9 Å². The number of hydrogen-bond acceptors (Lipinski definition) is 11. The van der Waals surface area contributed by atoms with Crippen molar-refractivity contribution >= 4 is 27.8 Å². The zero-order valence-corrected chi connectivity index (χ0v) is 28.9. The summed E-state index contributed by atoms with van der Waals surface area (Å²) in [4.78, 5) is 29.5. The maximum atomic E-state index is 13.6. The van der Waals surface area contributed by atoms with E-state index in [2.05, 4.69) is 44.7 Å². The Morgan fingerprint density at radius 3 is 2.73 bits per heavy atom. The van der Waals surface area contributed by atoms with Gasteiger partial charge in [-0.15, -0.1) is 0 Å². The van der Waals surface area contributed by atoms with Crippen LogP contribution in [0.15, 0.2) is 93.1 Å². The molecule has 1 saturated heterocycles. The van der Waals surface area contributed by atoms with Crippen LogP contribution in [-0.4, -0.2) is 56.1 Å². The molecule has 13 nitrogen and oxygen atoms in total. The Bertz CT molecular complexity index is 2240. The fraction of sp³-hybridized carbons (Fsp3) is 0.368. The lowest BCUT2D eigenvalue weighted by molar-refractivity contribution is -0.167. The molecule has 0 aliphatic carbocycles. The van der Waals surface area contributed by atoms with E-state index in [0.717, 1.165) is 22.0 Å². The fourth-order valence-corrected chi connectivity index (χ4v) is 7.45. The molecule has 4 aliphatic rings. The number of aromatic amines is 1. The minimum absolute atomic E-state index is 0.0147. The van der Waals surface area contributed by atoms with Crippen molar-refractivity contribution in [1.29, 1.82) is 0 Å². The van der Waals surface area contributed by atoms with E-state index in [4.69, 9.17) is 30.1 Å². The van der Waals surface area contributed by atoms with E-state index in [9.17, 15) is 14.7 Å². The number of nitrogens with zero attached hydrogens (tertiary/aromatic N) is 1. The van der Waals surface area contributed by atoms with Crippen LogP contribution in [0, 0.1) is 6.92 Å². The Labute approximate surface area is 293 Å². The molecule has 4 aliphatic heterocycles. The number of fused-ring (bicyclic) bond motifs is 3. The second-order valence-electron chi connectivity index (χ2n) is 14.6. The minimum atomic E-state index is -1.13. The monoisotopic (exact) mass is 694 g/mol. The van der Waals surface area contributed by atoms with Gasteiger partial charge in [-0.25, -0.2) is 4.79 Å². The van der Waals surface area contributed by atoms with Crippen LogP contribution < -0.4 is 32.3 Å². The molecular formula is C38H42N6O7. The lowest BCUT2D eigenvalue weighted by Gasteiger charge is -2.39. The number of ether oxygens (including phenoxy) is 3. The Hall–Kier alpha value is -5.56. The van der Waals surface area contributed by atoms with E-state index in [1.54, 1.807) is 19.9 Å². The summed E-state index contributed by atoms with van der Waals surface area (Å²) in [5.41, 5.74) is 14.0. The number of aromatic hydroxyl groups is 1. The van der Waals surface area contributed by atoms with E-state index >= 15 is 0 Å². The van der Waals surface area contributed by atoms with Crippen molar-refractivity contribution in [3.63, 3.8) is 0 Å². The van der Waals surface area contributed by atoms with Gasteiger partial charge in [0.05, 0.1) is 35.3 Å². The third-order valence-electron chi connectivity index (χ3n) is 10.3. The first-order valence-corrected chi connectivity index (χ1v) is 17.2. The van der Waals surface area contributed by atoms with Gasteiger partial charge in [-0.1, -0.05) is 12.2 Å². The van der Waals surface area contributed by atoms with Crippen LogP contribution in [-0.2, 0) is 27.2 Å². The predicted molar refractivity (Wildman–Crippen MR) is 191 cm³/mol. The molecule has 2 unspecified atom stereocenters. The van der Waals surface area contributed by atoms with Crippen molar-refractivity contribution in [2.75, 3.05) is 0 Å². The van der Waals surface area contributed by atoms with E-state index in [1.165, 1.54) is 6.07 Å². The number of epoxide rings is 1. The van der Waals surface area contributed by atoms with Crippen LogP contribution in [0.25, 0.3) is 21.9 Å². The standard InChI is InChI=1S/C38H42N6O7/c1-19-9-27(45)34-29(48-19)15-28-24(35(34)46)14-31(37(2,3)50-28)49-36(47)38(4)30(51-38)6-5-20-10-25(43-32(39)11-20)22-12-23(42-33(40)13-22)17-44-16-21-7-8-41-26(21)18-44/h7-13,15-16,18,23,25,30-31,41-43,46H,5-6,14,17,39-40H2,1-4H3/t23?,25?,30-,31-,38+/m1/s1. The van der Waals surface area contributed by atoms with Crippen LogP contribution in [0.4, 0.5) is 0 Å². The number of benzene rings is 1. The van der Waals surface area contributed by atoms with Crippen LogP contribution in [0.3, 0.4) is 0 Å². The van der Waals surface area contributed by atoms with Gasteiger partial charge in [0, 0.05) is 54.6 Å². The molecule has 0 saturated carbocycles. The van der Waals surface area contributed by atoms with Gasteiger partial charge in [0.2, 0.25) is 0 Å². The van der Waals surface area contributed by atoms with E-state index in [1.807, 2.05) is 38.3 Å². The van der Waals surface area contributed by atoms with Gasteiger partial charge in [0.1, 0.15) is 39.9 Å². The molecule has 4 aromatic rings. The number of carbonyl (C=O) groups excluding carboxylic acids is 1. The van der Waals surface area contributed by atoms with Gasteiger partial charge < -0.3 is 55.4 Å². The Morgan fingerprint density at radius 2 is 1.92 bits per heavy atom. The highest BCUT2D eigenvalue weighted by Gasteiger charge is 2.60. The number of phenolic OH excluding ortho intramolecular Hbond substituents is 1. The van der Waals surface area contributed by atoms with Crippen molar-refractivity contribution in [1.82, 2.24) is 20.2 Å². The summed E-state index contributed by atoms with van der Waals surface area (Å²) in [7, 11) is 0. The number of dihydropyridines is 2. The largest absolute Gasteiger partial charge is 0.507 e. The van der Waals surface area contributed by atoms with Crippen molar-refractivity contribution < 1.29 is 28.5 Å². The van der Waals surface area contributed by atoms with E-state index in [-0.39, 0.29) is 46.8 Å². The number of allylic oxidation sites excluding steroid dienone is 2. The summed E-state index contributed by atoms with van der Waals surface area (Å²) < 4.78 is 26.0. The molecule has 0 amide bonds. The molecule has 8 N–H and O–H groups in total. The molecule has 7 heterocycles. The SMILES string of the molecule is Cc1cc(=O)c2c(O)c3c(cc2o1)OC(C)(C)[C@H](OC(=O)[C@@]1(C)O[C@@H]1CCC1=CC(C2=CC(Cn4cc5cc[nH]c5c4)NC(N)=C2)NC(N)=C1)C3. The lowest BCUT2D eigenvalue weighted by Crippen LogP contribution is -2.50. The second kappa shape index (κ2) is 11.8. The van der Waals surface area contributed by atoms with Gasteiger partial charge >= 0.3 is 5.97 Å². The molecule has 13 heteroatoms. The highest BCUT2D eigenvalue weighted by atomic mass is 16.7. The average Bonchev–Trinajstić information content (AvgIpc) is 3.30. The van der Waals surface area contributed by atoms with E-state index < -0.39 is 23.3 Å². The van der Waals surface area contributed by atoms with Crippen LogP contribution in [0.1, 0.15) is 44.9 Å². The quantitative estimate of drug-likeness (QED) is 0.116. The molecule has 1 aromatic carbocycles. The summed E-state index contributed by atoms with van der Waals surface area (Å²) in [6.07, 6.45) is 14.5. The predicted octanol–water partition coefficient (Wildman–Crippen LogP) is 3.75. The molecular weight excluding hydrogens is 652 g/mol. The average molecular weight is 695 g/mol. The molecule has 266 valence electrons. The van der Waals surface area contributed by atoms with Crippen molar-refractivity contribution in [3.8, 4) is 11.5 Å². The van der Waals surface area contributed by atoms with Crippen molar-refractivity contribution in [3.05, 3.63) is 105 Å². The van der Waals surface area contributed by atoms with Gasteiger partial charge in [-0.2, -0.15) is 0 Å². The Kier molecular flexibility index (Phi) is 7.53. The topological polar surface area (TPSA) is 195 Å². The normalized spacial score (nSPS) is 26.5. The first-order valence-electron chi connectivity index (χ1n) is 17.2. The van der Waals surface area contributed by atoms with Crippen LogP contribution in [0.2, 0.25) is 0 Å². The summed E-state index contributed by atoms with van der Waals surface area (Å²) in [6.45, 7) is 7.73. The summed E-state index contributed by atoms with van der Waals surface area (Å²) in [5, 5.41) is 19.0. The van der Waals surface area contributed by atoms with Gasteiger partial charge in [0.25, 0.3) is 0 Å². The summed E-state index contributed by atoms with van der Waals surface area (Å²) in [5.74, 6) is 1.20. The number of hydrogen-bond donors (Lipinski definition) is 6. The highest BCUT2D eigenvalue weighted by Crippen LogP contribution is 2.45. The number of aryl methyl sites for hydroxylation is 1. The maximum absolute atomic E-state index is 13.6. The molecule has 1 fully saturated rings. The molecule has 8 rings (SSSR count). The zero-order chi connectivity index (χ0) is 35.8. The number of nitrogens with one attached hydrogen (secondary N) is 3. The first-order chi connectivity index (χ1) is 24.3. The minimum Gasteiger partial charge on any atom is -0.507 e. The van der Waals surface area contributed by atoms with Crippen molar-refractivity contribution in [2.45, 2.75) is 89.0 Å². The van der Waals surface area contributed by atoms with Gasteiger partial charge in [-0.3, -0.25) is 4.79 Å².